The molecule has 0 bridgehead atoms. The smallest absolute Gasteiger partial charge is 0.407 e. The van der Waals surface area contributed by atoms with E-state index < -0.39 is 18.0 Å². The van der Waals surface area contributed by atoms with E-state index in [1.165, 1.54) is 24.8 Å². The van der Waals surface area contributed by atoms with E-state index >= 15 is 0 Å². The summed E-state index contributed by atoms with van der Waals surface area (Å²) in [6.45, 7) is 3.39. The fourth-order valence-corrected chi connectivity index (χ4v) is 7.94. The number of nitrogen functional groups attached to an aromatic ring is 2. The number of carbonyl (C=O) groups is 4. The number of amides is 1. The molecular formula is C63H67N17O11. The molecule has 0 aliphatic heterocycles. The van der Waals surface area contributed by atoms with Crippen molar-refractivity contribution in [3.05, 3.63) is 184 Å². The average molecular weight is 1240 g/mol. The Hall–Kier alpha value is -12.0. The van der Waals surface area contributed by atoms with Crippen molar-refractivity contribution in [2.75, 3.05) is 86.8 Å². The standard InChI is InChI=1S/C27H26N8O5.C13H14N6O.C13H14N2O3.C10H13NO2/c1-35(21-8-6-17(7-9-21)12-20(13-28)25(36)37)10-11-39-27(38)30-14-18-2-4-19(5-3-18)15-40-24-22-23(32-16-31-22)33-26(29)34-24;14-5-8-1-3-9(4-2-8)6-20-12-10-11(17-7-16-10)18-13(15)19-12;1-15(6-7-16)12-4-2-10(3-5-12)8-11(9-14)13(17)18;1-11(6-7-12)10-4-2-9(8-13)3-5-10/h2-9,12,16H,10-11,14-15H2,1H3,(H,30,38)(H,36,37)(H3,29,31,32,33,34);1-4,7H,5-6,14H2,(H3,15,16,17,18,19);2-5,8,16H,6-7H2,1H3,(H,17,18);2-5,8,12H,6-7H2,1H3/b20-12+;;11-8+;. The van der Waals surface area contributed by atoms with Crippen LogP contribution in [0.15, 0.2) is 145 Å². The minimum atomic E-state index is -1.27. The van der Waals surface area contributed by atoms with Gasteiger partial charge in [-0.1, -0.05) is 72.8 Å². The van der Waals surface area contributed by atoms with Gasteiger partial charge in [-0.25, -0.2) is 24.4 Å². The lowest BCUT2D eigenvalue weighted by atomic mass is 10.1. The highest BCUT2D eigenvalue weighted by Crippen LogP contribution is 2.23. The molecule has 0 aliphatic carbocycles. The summed E-state index contributed by atoms with van der Waals surface area (Å²) < 4.78 is 16.7. The Morgan fingerprint density at radius 1 is 0.571 bits per heavy atom. The van der Waals surface area contributed by atoms with Gasteiger partial charge >= 0.3 is 18.0 Å². The van der Waals surface area contributed by atoms with Gasteiger partial charge in [0.2, 0.25) is 23.7 Å². The summed E-state index contributed by atoms with van der Waals surface area (Å²) in [6, 6.07) is 40.0. The van der Waals surface area contributed by atoms with Crippen molar-refractivity contribution in [2.24, 2.45) is 5.73 Å². The molecule has 28 heteroatoms. The van der Waals surface area contributed by atoms with Crippen LogP contribution >= 0.6 is 0 Å². The maximum atomic E-state index is 12.1. The minimum absolute atomic E-state index is 0.0652. The van der Waals surface area contributed by atoms with Gasteiger partial charge in [-0.2, -0.15) is 30.5 Å². The lowest BCUT2D eigenvalue weighted by Crippen LogP contribution is -2.28. The maximum absolute atomic E-state index is 12.1. The summed E-state index contributed by atoms with van der Waals surface area (Å²) in [5.74, 6) is -1.58. The van der Waals surface area contributed by atoms with Crippen molar-refractivity contribution in [2.45, 2.75) is 26.3 Å². The van der Waals surface area contributed by atoms with E-state index in [1.807, 2.05) is 96.5 Å². The number of hydrogen-bond acceptors (Lipinski definition) is 23. The van der Waals surface area contributed by atoms with Gasteiger partial charge in [0.25, 0.3) is 0 Å². The van der Waals surface area contributed by atoms with Crippen molar-refractivity contribution < 1.29 is 53.8 Å². The van der Waals surface area contributed by atoms with Crippen LogP contribution in [0.2, 0.25) is 0 Å². The lowest BCUT2D eigenvalue weighted by Gasteiger charge is -2.19. The molecule has 0 atom stereocenters. The zero-order valence-corrected chi connectivity index (χ0v) is 49.8. The Balaban J connectivity index is 0.000000215. The van der Waals surface area contributed by atoms with E-state index in [0.717, 1.165) is 45.6 Å². The highest BCUT2D eigenvalue weighted by atomic mass is 16.5. The molecule has 91 heavy (non-hydrogen) atoms. The van der Waals surface area contributed by atoms with Crippen LogP contribution in [0.5, 0.6) is 11.8 Å². The molecule has 0 aliphatic rings. The van der Waals surface area contributed by atoms with E-state index in [1.54, 1.807) is 72.8 Å². The van der Waals surface area contributed by atoms with Gasteiger partial charge in [0.15, 0.2) is 11.3 Å². The number of benzene rings is 5. The highest BCUT2D eigenvalue weighted by molar-refractivity contribution is 5.97. The molecule has 28 nitrogen and oxygen atoms in total. The molecular weight excluding hydrogens is 1170 g/mol. The first-order valence-corrected chi connectivity index (χ1v) is 27.7. The Morgan fingerprint density at radius 3 is 1.33 bits per heavy atom. The number of nitrogens with two attached hydrogens (primary N) is 3. The quantitative estimate of drug-likeness (QED) is 0.0192. The first-order chi connectivity index (χ1) is 43.9. The Kier molecular flexibility index (Phi) is 26.2. The predicted molar refractivity (Wildman–Crippen MR) is 341 cm³/mol. The number of aromatic amines is 2. The number of nitriles is 2. The number of nitrogens with one attached hydrogen (secondary N) is 3. The van der Waals surface area contributed by atoms with Crippen molar-refractivity contribution >= 4 is 87.8 Å². The average Bonchev–Trinajstić information content (AvgIpc) is 2.27. The zero-order chi connectivity index (χ0) is 65.7. The van der Waals surface area contributed by atoms with Crippen LogP contribution in [0.1, 0.15) is 43.7 Å². The molecule has 9 aromatic rings. The van der Waals surface area contributed by atoms with Crippen molar-refractivity contribution in [1.82, 2.24) is 45.2 Å². The highest BCUT2D eigenvalue weighted by Gasteiger charge is 2.14. The fraction of sp³-hybridized carbons (Fsp3) is 0.206. The van der Waals surface area contributed by atoms with Crippen LogP contribution in [0.25, 0.3) is 34.5 Å². The van der Waals surface area contributed by atoms with Crippen molar-refractivity contribution in [1.29, 1.82) is 10.5 Å². The lowest BCUT2D eigenvalue weighted by molar-refractivity contribution is -0.133. The van der Waals surface area contributed by atoms with Crippen molar-refractivity contribution in [3.8, 4) is 23.9 Å². The van der Waals surface area contributed by atoms with Gasteiger partial charge in [0.05, 0.1) is 32.4 Å². The van der Waals surface area contributed by atoms with E-state index in [9.17, 15) is 19.2 Å². The van der Waals surface area contributed by atoms with E-state index in [0.29, 0.717) is 90.1 Å². The molecule has 0 saturated heterocycles. The Morgan fingerprint density at radius 2 is 0.956 bits per heavy atom. The number of carbonyl (C=O) groups excluding carboxylic acids is 2. The maximum Gasteiger partial charge on any atom is 0.407 e. The number of rotatable bonds is 24. The van der Waals surface area contributed by atoms with E-state index in [4.69, 9.17) is 62.4 Å². The van der Waals surface area contributed by atoms with Crippen molar-refractivity contribution in [3.63, 3.8) is 0 Å². The van der Waals surface area contributed by atoms with Gasteiger partial charge < -0.3 is 81.8 Å². The number of aliphatic carboxylic acids is 2. The number of H-pyrrole nitrogens is 2. The number of carboxylic acids is 2. The number of likely N-dealkylation sites (N-methyl/N-ethyl adjacent to an activating group) is 3. The van der Waals surface area contributed by atoms with E-state index in [-0.39, 0.29) is 49.5 Å². The van der Waals surface area contributed by atoms with Gasteiger partial charge in [0, 0.05) is 69.9 Å². The Labute approximate surface area is 522 Å². The van der Waals surface area contributed by atoms with Gasteiger partial charge in [-0.3, -0.25) is 4.79 Å². The first-order valence-electron chi connectivity index (χ1n) is 27.7. The molecule has 5 aromatic carbocycles. The SMILES string of the molecule is CN(CCO)c1ccc(/C=C(\C#N)C(=O)O)cc1.CN(CCO)c1ccc(C=O)cc1.CN(CCOC(=O)NCc1ccc(COc2nc(N)nc3nc[nH]c23)cc1)c1ccc(/C=C(\C#N)C(=O)O)cc1.NCc1ccc(COc2nc(N)nc3nc[nH]c23)cc1. The minimum Gasteiger partial charge on any atom is -0.477 e. The largest absolute Gasteiger partial charge is 0.477 e. The number of aldehydes is 1. The summed E-state index contributed by atoms with van der Waals surface area (Å²) in [5, 5.41) is 55.4. The van der Waals surface area contributed by atoms with E-state index in [2.05, 4.69) is 45.2 Å². The van der Waals surface area contributed by atoms with Crippen LogP contribution in [-0.2, 0) is 40.6 Å². The van der Waals surface area contributed by atoms with Gasteiger partial charge in [-0.15, -0.1) is 0 Å². The van der Waals surface area contributed by atoms with Gasteiger partial charge in [0.1, 0.15) is 60.4 Å². The van der Waals surface area contributed by atoms with Crippen LogP contribution in [0.4, 0.5) is 33.8 Å². The molecule has 4 aromatic heterocycles. The number of carboxylic acid groups (broad SMARTS) is 2. The molecule has 0 saturated carbocycles. The molecule has 0 unspecified atom stereocenters. The molecule has 9 rings (SSSR count). The fourth-order valence-electron chi connectivity index (χ4n) is 7.94. The van der Waals surface area contributed by atoms with Gasteiger partial charge in [-0.05, 0) is 94.1 Å². The second-order valence-corrected chi connectivity index (χ2v) is 19.4. The summed E-state index contributed by atoms with van der Waals surface area (Å²) in [5.41, 5.74) is 26.9. The number of anilines is 5. The van der Waals surface area contributed by atoms with Crippen LogP contribution < -0.4 is 46.7 Å². The summed E-state index contributed by atoms with van der Waals surface area (Å²) in [6.07, 6.45) is 5.92. The number of aliphatic hydroxyl groups is 2. The number of fused-ring (bicyclic) bond motifs is 2. The topological polar surface area (TPSA) is 433 Å². The van der Waals surface area contributed by atoms with Crippen LogP contribution in [0, 0.1) is 22.7 Å². The number of aliphatic hydroxyl groups excluding tert-OH is 2. The molecule has 13 N–H and O–H groups in total. The molecule has 0 radical (unpaired) electrons. The van der Waals surface area contributed by atoms with Crippen LogP contribution in [-0.4, -0.2) is 145 Å². The molecule has 0 spiro atoms. The van der Waals surface area contributed by atoms with Crippen LogP contribution in [0.3, 0.4) is 0 Å². The third-order valence-electron chi connectivity index (χ3n) is 13.0. The predicted octanol–water partition coefficient (Wildman–Crippen LogP) is 5.88. The molecule has 4 heterocycles. The molecule has 0 fully saturated rings. The molecule has 1 amide bonds. The second kappa shape index (κ2) is 35.0. The summed E-state index contributed by atoms with van der Waals surface area (Å²) >= 11 is 0. The first kappa shape index (κ1) is 68.1. The number of imidazole rings is 2. The number of alkyl carbamates (subject to hydrolysis) is 1. The Bertz CT molecular complexity index is 3980. The monoisotopic (exact) mass is 1240 g/mol. The second-order valence-electron chi connectivity index (χ2n) is 19.4. The zero-order valence-electron chi connectivity index (χ0n) is 49.8. The number of hydrogen-bond donors (Lipinski definition) is 10. The normalized spacial score (nSPS) is 10.8. The molecule has 470 valence electrons. The third kappa shape index (κ3) is 21.4. The third-order valence-corrected chi connectivity index (χ3v) is 13.0. The number of ether oxygens (including phenoxy) is 3. The summed E-state index contributed by atoms with van der Waals surface area (Å²) in [7, 11) is 5.58. The summed E-state index contributed by atoms with van der Waals surface area (Å²) in [4.78, 5) is 80.0. The number of nitrogens with zero attached hydrogens (tertiary/aromatic N) is 11. The number of aromatic nitrogens is 8.